The Morgan fingerprint density at radius 2 is 1.00 bits per heavy atom. The summed E-state index contributed by atoms with van der Waals surface area (Å²) in [5.74, 6) is 2.29. The zero-order valence-electron chi connectivity index (χ0n) is 26.2. The van der Waals surface area contributed by atoms with Gasteiger partial charge in [0.1, 0.15) is 23.4 Å². The first kappa shape index (κ1) is 32.6. The SMILES string of the molecule is CCCCCCCc1ccccc1OC(C)Cc1cccc(O)c1CC(C)Oc1ccccc1CCCCCCC. The summed E-state index contributed by atoms with van der Waals surface area (Å²) in [4.78, 5) is 0. The van der Waals surface area contributed by atoms with E-state index in [9.17, 15) is 5.11 Å². The summed E-state index contributed by atoms with van der Waals surface area (Å²) in [5.41, 5.74) is 4.64. The van der Waals surface area contributed by atoms with Gasteiger partial charge in [-0.3, -0.25) is 0 Å². The van der Waals surface area contributed by atoms with Crippen molar-refractivity contribution in [3.8, 4) is 17.2 Å². The van der Waals surface area contributed by atoms with Crippen molar-refractivity contribution >= 4 is 0 Å². The third-order valence-corrected chi connectivity index (χ3v) is 7.95. The molecule has 0 fully saturated rings. The summed E-state index contributed by atoms with van der Waals surface area (Å²) in [6, 6.07) is 22.7. The number of aromatic hydroxyl groups is 1. The van der Waals surface area contributed by atoms with Gasteiger partial charge in [-0.2, -0.15) is 0 Å². The summed E-state index contributed by atoms with van der Waals surface area (Å²) in [7, 11) is 0. The number of ether oxygens (including phenoxy) is 2. The number of phenolic OH excluding ortho intramolecular Hbond substituents is 1. The number of benzene rings is 3. The standard InChI is InChI=1S/C38H54O3/c1-5-7-9-11-13-20-32-22-15-17-26-37(32)40-30(3)28-34-24-19-25-36(39)35(34)29-31(4)41-38-27-18-16-23-33(38)21-14-12-10-8-6-2/h15-19,22-27,30-31,39H,5-14,20-21,28-29H2,1-4H3. The maximum Gasteiger partial charge on any atom is 0.122 e. The molecular formula is C38H54O3. The highest BCUT2D eigenvalue weighted by atomic mass is 16.5. The van der Waals surface area contributed by atoms with Crippen LogP contribution in [0, 0.1) is 0 Å². The lowest BCUT2D eigenvalue weighted by molar-refractivity contribution is 0.212. The Morgan fingerprint density at radius 3 is 1.54 bits per heavy atom. The first-order valence-corrected chi connectivity index (χ1v) is 16.3. The van der Waals surface area contributed by atoms with E-state index in [4.69, 9.17) is 9.47 Å². The lowest BCUT2D eigenvalue weighted by Gasteiger charge is -2.22. The highest BCUT2D eigenvalue weighted by molar-refractivity contribution is 5.41. The second kappa shape index (κ2) is 18.5. The van der Waals surface area contributed by atoms with Gasteiger partial charge in [-0.1, -0.05) is 114 Å². The van der Waals surface area contributed by atoms with Crippen LogP contribution >= 0.6 is 0 Å². The molecule has 1 N–H and O–H groups in total. The minimum absolute atomic E-state index is 0.0125. The molecule has 0 amide bonds. The Labute approximate surface area is 250 Å². The topological polar surface area (TPSA) is 38.7 Å². The molecule has 0 aliphatic carbocycles. The Balaban J connectivity index is 1.60. The predicted molar refractivity (Wildman–Crippen MR) is 174 cm³/mol. The second-order valence-corrected chi connectivity index (χ2v) is 11.7. The van der Waals surface area contributed by atoms with Gasteiger partial charge in [0.05, 0.1) is 6.10 Å². The van der Waals surface area contributed by atoms with Gasteiger partial charge < -0.3 is 14.6 Å². The van der Waals surface area contributed by atoms with Crippen LogP contribution in [-0.2, 0) is 25.7 Å². The molecule has 0 saturated carbocycles. The van der Waals surface area contributed by atoms with Crippen LogP contribution in [0.25, 0.3) is 0 Å². The van der Waals surface area contributed by atoms with Crippen LogP contribution in [0.15, 0.2) is 66.7 Å². The molecule has 41 heavy (non-hydrogen) atoms. The summed E-state index contributed by atoms with van der Waals surface area (Å²) < 4.78 is 13.0. The van der Waals surface area contributed by atoms with Gasteiger partial charge >= 0.3 is 0 Å². The molecular weight excluding hydrogens is 504 g/mol. The molecule has 0 aromatic heterocycles. The predicted octanol–water partition coefficient (Wildman–Crippen LogP) is 10.4. The lowest BCUT2D eigenvalue weighted by atomic mass is 9.96. The fourth-order valence-electron chi connectivity index (χ4n) is 5.65. The Morgan fingerprint density at radius 1 is 0.537 bits per heavy atom. The van der Waals surface area contributed by atoms with Gasteiger partial charge in [-0.25, -0.2) is 0 Å². The molecule has 0 radical (unpaired) electrons. The molecule has 0 bridgehead atoms. The van der Waals surface area contributed by atoms with E-state index in [1.54, 1.807) is 6.07 Å². The molecule has 0 aliphatic heterocycles. The van der Waals surface area contributed by atoms with E-state index in [1.165, 1.54) is 75.3 Å². The number of aryl methyl sites for hydroxylation is 2. The van der Waals surface area contributed by atoms with Crippen molar-refractivity contribution in [1.29, 1.82) is 0 Å². The molecule has 2 atom stereocenters. The number of phenols is 1. The maximum absolute atomic E-state index is 10.9. The van der Waals surface area contributed by atoms with Crippen molar-refractivity contribution in [2.45, 2.75) is 130 Å². The van der Waals surface area contributed by atoms with E-state index in [1.807, 2.05) is 6.07 Å². The third-order valence-electron chi connectivity index (χ3n) is 7.95. The second-order valence-electron chi connectivity index (χ2n) is 11.7. The monoisotopic (exact) mass is 558 g/mol. The van der Waals surface area contributed by atoms with Gasteiger partial charge in [-0.15, -0.1) is 0 Å². The molecule has 3 nitrogen and oxygen atoms in total. The van der Waals surface area contributed by atoms with Crippen molar-refractivity contribution in [3.63, 3.8) is 0 Å². The van der Waals surface area contributed by atoms with E-state index in [-0.39, 0.29) is 12.2 Å². The summed E-state index contributed by atoms with van der Waals surface area (Å²) in [5, 5.41) is 10.9. The van der Waals surface area contributed by atoms with Gasteiger partial charge in [-0.05, 0) is 74.4 Å². The fourth-order valence-corrected chi connectivity index (χ4v) is 5.65. The van der Waals surface area contributed by atoms with E-state index in [0.29, 0.717) is 12.2 Å². The third kappa shape index (κ3) is 11.5. The molecule has 2 unspecified atom stereocenters. The number of rotatable bonds is 20. The number of hydrogen-bond acceptors (Lipinski definition) is 3. The Kier molecular flexibility index (Phi) is 14.7. The van der Waals surface area contributed by atoms with Gasteiger partial charge in [0.25, 0.3) is 0 Å². The van der Waals surface area contributed by atoms with Gasteiger partial charge in [0, 0.05) is 18.4 Å². The van der Waals surface area contributed by atoms with Crippen molar-refractivity contribution in [3.05, 3.63) is 89.0 Å². The van der Waals surface area contributed by atoms with Crippen molar-refractivity contribution < 1.29 is 14.6 Å². The molecule has 3 aromatic rings. The zero-order chi connectivity index (χ0) is 29.3. The van der Waals surface area contributed by atoms with E-state index in [0.717, 1.165) is 41.9 Å². The Bertz CT molecular complexity index is 1140. The minimum atomic E-state index is -0.0621. The van der Waals surface area contributed by atoms with Crippen molar-refractivity contribution in [2.24, 2.45) is 0 Å². The average Bonchev–Trinajstić information content (AvgIpc) is 2.96. The first-order valence-electron chi connectivity index (χ1n) is 16.3. The first-order chi connectivity index (χ1) is 20.0. The Hall–Kier alpha value is -2.94. The molecule has 224 valence electrons. The number of unbranched alkanes of at least 4 members (excludes halogenated alkanes) is 8. The fraction of sp³-hybridized carbons (Fsp3) is 0.526. The average molecular weight is 559 g/mol. The van der Waals surface area contributed by atoms with E-state index in [2.05, 4.69) is 82.3 Å². The largest absolute Gasteiger partial charge is 0.508 e. The van der Waals surface area contributed by atoms with E-state index < -0.39 is 0 Å². The van der Waals surface area contributed by atoms with Crippen LogP contribution < -0.4 is 9.47 Å². The zero-order valence-corrected chi connectivity index (χ0v) is 26.2. The smallest absolute Gasteiger partial charge is 0.122 e. The molecule has 3 aromatic carbocycles. The molecule has 3 rings (SSSR count). The highest BCUT2D eigenvalue weighted by Gasteiger charge is 2.17. The van der Waals surface area contributed by atoms with Crippen LogP contribution in [0.4, 0.5) is 0 Å². The normalized spacial score (nSPS) is 12.7. The highest BCUT2D eigenvalue weighted by Crippen LogP contribution is 2.29. The molecule has 0 spiro atoms. The minimum Gasteiger partial charge on any atom is -0.508 e. The van der Waals surface area contributed by atoms with Crippen LogP contribution in [-0.4, -0.2) is 17.3 Å². The van der Waals surface area contributed by atoms with Crippen LogP contribution in [0.5, 0.6) is 17.2 Å². The summed E-state index contributed by atoms with van der Waals surface area (Å²) in [6.07, 6.45) is 16.1. The van der Waals surface area contributed by atoms with Gasteiger partial charge in [0.2, 0.25) is 0 Å². The lowest BCUT2D eigenvalue weighted by Crippen LogP contribution is -2.20. The molecule has 3 heteroatoms. The maximum atomic E-state index is 10.9. The molecule has 0 saturated heterocycles. The quantitative estimate of drug-likeness (QED) is 0.140. The molecule has 0 aliphatic rings. The van der Waals surface area contributed by atoms with Crippen molar-refractivity contribution in [1.82, 2.24) is 0 Å². The van der Waals surface area contributed by atoms with Crippen LogP contribution in [0.3, 0.4) is 0 Å². The summed E-state index contributed by atoms with van der Waals surface area (Å²) in [6.45, 7) is 8.74. The number of hydrogen-bond donors (Lipinski definition) is 1. The number of para-hydroxylation sites is 2. The van der Waals surface area contributed by atoms with E-state index >= 15 is 0 Å². The summed E-state index contributed by atoms with van der Waals surface area (Å²) >= 11 is 0. The van der Waals surface area contributed by atoms with Crippen LogP contribution in [0.2, 0.25) is 0 Å². The van der Waals surface area contributed by atoms with Crippen LogP contribution in [0.1, 0.15) is 114 Å². The molecule has 0 heterocycles. The van der Waals surface area contributed by atoms with Gasteiger partial charge in [0.15, 0.2) is 0 Å². The van der Waals surface area contributed by atoms with Crippen molar-refractivity contribution in [2.75, 3.05) is 0 Å².